The summed E-state index contributed by atoms with van der Waals surface area (Å²) < 4.78 is 6.80. The number of benzene rings is 3. The highest BCUT2D eigenvalue weighted by Crippen LogP contribution is 2.23. The van der Waals surface area contributed by atoms with Gasteiger partial charge in [0.2, 0.25) is 0 Å². The summed E-state index contributed by atoms with van der Waals surface area (Å²) in [5, 5.41) is 13.0. The van der Waals surface area contributed by atoms with Gasteiger partial charge in [0.05, 0.1) is 22.2 Å². The van der Waals surface area contributed by atoms with Gasteiger partial charge in [-0.05, 0) is 29.0 Å². The van der Waals surface area contributed by atoms with Gasteiger partial charge in [0.15, 0.2) is 4.80 Å². The number of methoxy groups -OCH3 is 1. The average molecular weight is 421 g/mol. The molecule has 0 aliphatic rings. The van der Waals surface area contributed by atoms with Gasteiger partial charge in [-0.3, -0.25) is 19.7 Å². The monoisotopic (exact) mass is 421 g/mol. The molecule has 1 aromatic heterocycles. The van der Waals surface area contributed by atoms with E-state index in [4.69, 9.17) is 4.74 Å². The zero-order valence-corrected chi connectivity index (χ0v) is 16.6. The van der Waals surface area contributed by atoms with Gasteiger partial charge in [-0.15, -0.1) is 0 Å². The van der Waals surface area contributed by atoms with E-state index >= 15 is 0 Å². The van der Waals surface area contributed by atoms with Crippen molar-refractivity contribution < 1.29 is 19.2 Å². The fraction of sp³-hybridized carbons (Fsp3) is 0.0952. The van der Waals surface area contributed by atoms with Crippen LogP contribution in [0.5, 0.6) is 0 Å². The Morgan fingerprint density at radius 1 is 1.10 bits per heavy atom. The summed E-state index contributed by atoms with van der Waals surface area (Å²) in [6.07, 6.45) is 0. The molecule has 8 nitrogen and oxygen atoms in total. The minimum atomic E-state index is -0.521. The molecule has 0 saturated carbocycles. The number of esters is 1. The zero-order valence-electron chi connectivity index (χ0n) is 15.8. The van der Waals surface area contributed by atoms with Crippen LogP contribution in [-0.4, -0.2) is 28.5 Å². The van der Waals surface area contributed by atoms with E-state index in [1.165, 1.54) is 29.9 Å². The number of carbonyl (C=O) groups excluding carboxylic acids is 2. The van der Waals surface area contributed by atoms with E-state index < -0.39 is 16.8 Å². The van der Waals surface area contributed by atoms with Crippen molar-refractivity contribution in [2.75, 3.05) is 7.11 Å². The van der Waals surface area contributed by atoms with Crippen LogP contribution in [0.2, 0.25) is 0 Å². The molecule has 0 aliphatic heterocycles. The van der Waals surface area contributed by atoms with Crippen molar-refractivity contribution in [1.29, 1.82) is 0 Å². The Morgan fingerprint density at radius 3 is 2.60 bits per heavy atom. The number of amides is 1. The number of aromatic nitrogens is 1. The molecule has 0 N–H and O–H groups in total. The maximum Gasteiger partial charge on any atom is 0.325 e. The normalized spacial score (nSPS) is 11.7. The molecule has 0 atom stereocenters. The number of nitro groups is 1. The fourth-order valence-electron chi connectivity index (χ4n) is 3.08. The third-order valence-corrected chi connectivity index (χ3v) is 5.63. The van der Waals surface area contributed by atoms with Crippen LogP contribution in [0.15, 0.2) is 65.7 Å². The summed E-state index contributed by atoms with van der Waals surface area (Å²) in [7, 11) is 1.26. The van der Waals surface area contributed by atoms with Gasteiger partial charge in [-0.25, -0.2) is 0 Å². The summed E-state index contributed by atoms with van der Waals surface area (Å²) in [6.45, 7) is -0.169. The quantitative estimate of drug-likeness (QED) is 0.284. The van der Waals surface area contributed by atoms with Crippen LogP contribution >= 0.6 is 11.3 Å². The summed E-state index contributed by atoms with van der Waals surface area (Å²) >= 11 is 1.10. The van der Waals surface area contributed by atoms with Crippen LogP contribution in [-0.2, 0) is 16.1 Å². The highest BCUT2D eigenvalue weighted by molar-refractivity contribution is 7.16. The van der Waals surface area contributed by atoms with Crippen LogP contribution in [0.25, 0.3) is 21.0 Å². The highest BCUT2D eigenvalue weighted by atomic mass is 32.1. The number of hydrogen-bond acceptors (Lipinski definition) is 6. The van der Waals surface area contributed by atoms with Crippen molar-refractivity contribution in [1.82, 2.24) is 4.57 Å². The molecule has 0 unspecified atom stereocenters. The Morgan fingerprint density at radius 2 is 1.87 bits per heavy atom. The van der Waals surface area contributed by atoms with Crippen LogP contribution < -0.4 is 4.80 Å². The number of rotatable bonds is 4. The minimum absolute atomic E-state index is 0.0821. The number of thiazole rings is 1. The minimum Gasteiger partial charge on any atom is -0.468 e. The lowest BCUT2D eigenvalue weighted by Crippen LogP contribution is -2.22. The number of hydrogen-bond donors (Lipinski definition) is 0. The van der Waals surface area contributed by atoms with Crippen molar-refractivity contribution in [3.63, 3.8) is 0 Å². The van der Waals surface area contributed by atoms with Crippen molar-refractivity contribution in [3.8, 4) is 0 Å². The number of fused-ring (bicyclic) bond motifs is 2. The van der Waals surface area contributed by atoms with Crippen molar-refractivity contribution >= 4 is 49.9 Å². The molecule has 4 aromatic rings. The maximum absolute atomic E-state index is 12.8. The van der Waals surface area contributed by atoms with Gasteiger partial charge < -0.3 is 9.30 Å². The Hall–Kier alpha value is -3.85. The predicted molar refractivity (Wildman–Crippen MR) is 112 cm³/mol. The number of carbonyl (C=O) groups is 2. The van der Waals surface area contributed by atoms with E-state index in [2.05, 4.69) is 4.99 Å². The first-order chi connectivity index (χ1) is 14.5. The van der Waals surface area contributed by atoms with Crippen LogP contribution in [0.1, 0.15) is 10.4 Å². The molecule has 3 aromatic carbocycles. The molecule has 0 bridgehead atoms. The Labute approximate surface area is 173 Å². The second-order valence-corrected chi connectivity index (χ2v) is 7.44. The molecule has 1 heterocycles. The van der Waals surface area contributed by atoms with Crippen molar-refractivity contribution in [2.45, 2.75) is 6.54 Å². The second kappa shape index (κ2) is 7.88. The zero-order chi connectivity index (χ0) is 21.3. The lowest BCUT2D eigenvalue weighted by atomic mass is 10.1. The predicted octanol–water partition coefficient (Wildman–Crippen LogP) is 3.68. The van der Waals surface area contributed by atoms with Gasteiger partial charge >= 0.3 is 5.97 Å². The van der Waals surface area contributed by atoms with E-state index in [1.807, 2.05) is 30.3 Å². The first-order valence-corrected chi connectivity index (χ1v) is 9.70. The molecular weight excluding hydrogens is 406 g/mol. The summed E-state index contributed by atoms with van der Waals surface area (Å²) in [6, 6.07) is 17.2. The first kappa shape index (κ1) is 19.5. The van der Waals surface area contributed by atoms with Crippen molar-refractivity contribution in [3.05, 3.63) is 81.1 Å². The van der Waals surface area contributed by atoms with Crippen molar-refractivity contribution in [2.24, 2.45) is 4.99 Å². The summed E-state index contributed by atoms with van der Waals surface area (Å²) in [5.74, 6) is -0.993. The van der Waals surface area contributed by atoms with E-state index in [0.717, 1.165) is 22.1 Å². The molecule has 1 amide bonds. The molecule has 150 valence electrons. The molecule has 30 heavy (non-hydrogen) atoms. The highest BCUT2D eigenvalue weighted by Gasteiger charge is 2.15. The van der Waals surface area contributed by atoms with Gasteiger partial charge in [0, 0.05) is 17.7 Å². The van der Waals surface area contributed by atoms with Gasteiger partial charge in [-0.1, -0.05) is 41.7 Å². The second-order valence-electron chi connectivity index (χ2n) is 6.43. The molecule has 0 saturated heterocycles. The number of nitro benzene ring substituents is 1. The maximum atomic E-state index is 12.8. The molecule has 0 spiro atoms. The molecular formula is C21H15N3O5S. The molecule has 0 fully saturated rings. The van der Waals surface area contributed by atoms with Crippen LogP contribution in [0.4, 0.5) is 5.69 Å². The Bertz CT molecular complexity index is 1390. The fourth-order valence-corrected chi connectivity index (χ4v) is 4.14. The van der Waals surface area contributed by atoms with Gasteiger partial charge in [0.1, 0.15) is 6.54 Å². The Kier molecular flexibility index (Phi) is 5.11. The van der Waals surface area contributed by atoms with Crippen LogP contribution in [0.3, 0.4) is 0 Å². The molecule has 9 heteroatoms. The van der Waals surface area contributed by atoms with E-state index in [-0.39, 0.29) is 17.0 Å². The van der Waals surface area contributed by atoms with Gasteiger partial charge in [-0.2, -0.15) is 4.99 Å². The Balaban J connectivity index is 1.84. The summed E-state index contributed by atoms with van der Waals surface area (Å²) in [5.41, 5.74) is 0.879. The lowest BCUT2D eigenvalue weighted by Gasteiger charge is -2.04. The number of ether oxygens (including phenoxy) is 1. The third-order valence-electron chi connectivity index (χ3n) is 4.59. The van der Waals surface area contributed by atoms with E-state index in [0.29, 0.717) is 15.8 Å². The third kappa shape index (κ3) is 3.70. The molecule has 4 rings (SSSR count). The summed E-state index contributed by atoms with van der Waals surface area (Å²) in [4.78, 5) is 39.7. The average Bonchev–Trinajstić information content (AvgIpc) is 3.09. The molecule has 0 aliphatic carbocycles. The van der Waals surface area contributed by atoms with Gasteiger partial charge in [0.25, 0.3) is 11.6 Å². The van der Waals surface area contributed by atoms with E-state index in [1.54, 1.807) is 12.1 Å². The number of non-ortho nitro benzene ring substituents is 1. The number of nitrogens with zero attached hydrogens (tertiary/aromatic N) is 3. The van der Waals surface area contributed by atoms with E-state index in [9.17, 15) is 19.7 Å². The smallest absolute Gasteiger partial charge is 0.325 e. The largest absolute Gasteiger partial charge is 0.468 e. The molecule has 0 radical (unpaired) electrons. The standard InChI is InChI=1S/C21H15N3O5S/c1-29-19(25)12-23-17-9-8-16(24(27)28)11-18(17)30-21(23)22-20(26)15-7-6-13-4-2-3-5-14(13)10-15/h2-11H,12H2,1H3. The topological polar surface area (TPSA) is 104 Å². The SMILES string of the molecule is COC(=O)Cn1c(=NC(=O)c2ccc3ccccc3c2)sc2cc([N+](=O)[O-])ccc21. The van der Waals surface area contributed by atoms with Crippen LogP contribution in [0, 0.1) is 10.1 Å². The first-order valence-electron chi connectivity index (χ1n) is 8.89. The lowest BCUT2D eigenvalue weighted by molar-refractivity contribution is -0.384.